The quantitative estimate of drug-likeness (QED) is 0.0865. The van der Waals surface area contributed by atoms with Crippen LogP contribution in [-0.2, 0) is 82.3 Å². The molecule has 5 aromatic heterocycles. The highest BCUT2D eigenvalue weighted by Gasteiger charge is 2.37. The lowest BCUT2D eigenvalue weighted by molar-refractivity contribution is -0.432. The fraction of sp³-hybridized carbons (Fsp3) is 0.324. The SMILES string of the molecule is CC1=[N+](C)C2=C(CC(=O)NC2=N)C1.Cc1[nH]c2c(c1C)CC(=O)NC2=N.Cc1nc2c(o1)CC(=O)NC2=N.Cc1nc2c(s1)CC(=O)NC2=N.Cc1oc2c(c1C)C(=N)NC(=O)C2.Cn1cnc2c1C(=[NH2+])NC(=O)C2.NC1=NC(=O)CC2=C1C=NC2.NC1=NC(=O)CC2=C1N=CC2.NC1=NC(=O)CC2=C1N=NC2. The maximum atomic E-state index is 11.1. The number of nitrogens with two attached hydrogens (primary N) is 4. The summed E-state index contributed by atoms with van der Waals surface area (Å²) in [6, 6.07) is 0. The number of aromatic amines is 1. The molecule has 0 fully saturated rings. The number of oxazole rings is 1. The Hall–Kier alpha value is -13.6. The number of dihydropyridines is 3. The van der Waals surface area contributed by atoms with Crippen LogP contribution in [0.1, 0.15) is 135 Å². The molecule has 9 amide bonds. The largest absolute Gasteiger partial charge is 0.465 e. The highest BCUT2D eigenvalue weighted by Crippen LogP contribution is 2.29. The Kier molecular flexibility index (Phi) is 23.0. The second-order valence-electron chi connectivity index (χ2n) is 25.5. The van der Waals surface area contributed by atoms with Gasteiger partial charge in [-0.2, -0.15) is 29.8 Å². The number of amides is 9. The number of imidazole rings is 1. The number of amidine groups is 9. The average Bonchev–Trinajstić information content (AvgIpc) is 1.66. The second-order valence-corrected chi connectivity index (χ2v) is 26.8. The van der Waals surface area contributed by atoms with Crippen LogP contribution < -0.4 is 54.5 Å². The van der Waals surface area contributed by atoms with Crippen LogP contribution in [0, 0.1) is 68.6 Å². The number of rotatable bonds is 0. The van der Waals surface area contributed by atoms with Gasteiger partial charge in [0.15, 0.2) is 46.5 Å². The van der Waals surface area contributed by atoms with Gasteiger partial charge in [0.2, 0.25) is 35.2 Å². The van der Waals surface area contributed by atoms with E-state index in [0.717, 1.165) is 107 Å². The van der Waals surface area contributed by atoms with E-state index in [9.17, 15) is 43.2 Å². The van der Waals surface area contributed by atoms with E-state index in [1.54, 1.807) is 30.2 Å². The normalized spacial score (nSPS) is 18.5. The maximum absolute atomic E-state index is 11.1. The maximum Gasteiger partial charge on any atom is 0.313 e. The number of nitrogens with one attached hydrogen (secondary N) is 12. The number of aromatic nitrogens is 5. The Morgan fingerprint density at radius 3 is 1.87 bits per heavy atom. The third kappa shape index (κ3) is 17.6. The molecular weight excluding hydrogens is 1420 g/mol. The number of carbonyl (C=O) groups is 9. The lowest BCUT2D eigenvalue weighted by Crippen LogP contribution is -2.55. The number of hydrogen-bond acceptors (Lipinski definition) is 27. The number of hydrogen-bond donors (Lipinski definition) is 16. The molecule has 0 saturated heterocycles. The molecule has 13 aliphatic rings. The molecule has 0 radical (unpaired) electrons. The van der Waals surface area contributed by atoms with Gasteiger partial charge in [0, 0.05) is 67.0 Å². The van der Waals surface area contributed by atoms with E-state index in [1.165, 1.54) is 17.0 Å². The topological polar surface area (TPSA) is 624 Å². The van der Waals surface area contributed by atoms with Crippen molar-refractivity contribution in [3.05, 3.63) is 141 Å². The van der Waals surface area contributed by atoms with Gasteiger partial charge in [0.05, 0.1) is 106 Å². The fourth-order valence-electron chi connectivity index (χ4n) is 12.3. The van der Waals surface area contributed by atoms with Gasteiger partial charge in [-0.25, -0.2) is 25.1 Å². The van der Waals surface area contributed by atoms with Crippen molar-refractivity contribution in [2.75, 3.05) is 20.1 Å². The van der Waals surface area contributed by atoms with Crippen LogP contribution in [0.3, 0.4) is 0 Å². The molecule has 0 unspecified atom stereocenters. The molecule has 108 heavy (non-hydrogen) atoms. The first-order valence-corrected chi connectivity index (χ1v) is 33.9. The Morgan fingerprint density at radius 2 is 1.17 bits per heavy atom. The Morgan fingerprint density at radius 1 is 0.583 bits per heavy atom. The molecule has 0 bridgehead atoms. The summed E-state index contributed by atoms with van der Waals surface area (Å²) in [5, 5.41) is 66.4. The third-order valence-electron chi connectivity index (χ3n) is 17.6. The van der Waals surface area contributed by atoms with Gasteiger partial charge in [0.25, 0.3) is 23.6 Å². The summed E-state index contributed by atoms with van der Waals surface area (Å²) in [4.78, 5) is 134. The van der Waals surface area contributed by atoms with Crippen LogP contribution in [0.25, 0.3) is 0 Å². The predicted molar refractivity (Wildman–Crippen MR) is 392 cm³/mol. The van der Waals surface area contributed by atoms with Gasteiger partial charge < -0.3 is 62.2 Å². The van der Waals surface area contributed by atoms with E-state index in [0.29, 0.717) is 110 Å². The summed E-state index contributed by atoms with van der Waals surface area (Å²) in [6.07, 6.45) is 9.69. The van der Waals surface area contributed by atoms with Crippen molar-refractivity contribution in [1.29, 1.82) is 27.0 Å². The van der Waals surface area contributed by atoms with E-state index in [2.05, 4.69) is 87.0 Å². The lowest BCUT2D eigenvalue weighted by atomic mass is 10.0. The number of carbonyl (C=O) groups excluding carboxylic acids is 9. The van der Waals surface area contributed by atoms with Crippen molar-refractivity contribution < 1.29 is 62.0 Å². The standard InChI is InChI=1S/2C9H11N3O.C9H10N2O2.C7H8N4O.C7H7N3O2.C7H7N3OS.2C7H7N3O.C6H6N4O/c1-5-3-6-4-7(13)11-9(10)8(6)12(5)2;1-4-5(2)11-8-6(4)3-7(13)12-9(8)10;1-4-5(2)13-6-3-7(12)11-9(10)8(4)6;1-11-3-9-4-2-5(12)10-7(8)6(4)11;2*1-3-9-6-4(12-3)2-5(11)10-7(6)8;8-7-5-3-9-2-4(5)1-6(11)10-7;8-7-6-4(1-2-9-6)3-5(11)10-7;7-6-5-3(2-8-10-5)1-4(11)9-6/h3-4H2,1-2H3,(H-,10,11,13);11H,3H2,1-2H3,(H2,10,12,13);3H2,1-2H3,(H2,10,11,12);3H,2H2,1H3,(H2,8,10,12);2*2H2,1H3,(H2,8,10,11);3H,1-2H2,(H2,8,10,11);2H,1,3H2,(H2,8,10,11);1-2H2,(H2,7,9,11)/p+2. The van der Waals surface area contributed by atoms with E-state index < -0.39 is 0 Å². The van der Waals surface area contributed by atoms with Crippen molar-refractivity contribution in [2.45, 2.75) is 119 Å². The van der Waals surface area contributed by atoms with Crippen LogP contribution in [-0.4, -0.2) is 173 Å². The monoisotopic (exact) mass is 1490 g/mol. The number of furan rings is 1. The van der Waals surface area contributed by atoms with Crippen LogP contribution in [0.5, 0.6) is 0 Å². The summed E-state index contributed by atoms with van der Waals surface area (Å²) in [6.45, 7) is 14.3. The summed E-state index contributed by atoms with van der Waals surface area (Å²) < 4.78 is 14.3. The minimum atomic E-state index is -0.219. The number of likely N-dealkylation sites (N-methyl/N-ethyl adjacent to an activating group) is 1. The van der Waals surface area contributed by atoms with E-state index in [-0.39, 0.29) is 107 Å². The molecule has 13 aliphatic heterocycles. The number of thiazole rings is 1. The summed E-state index contributed by atoms with van der Waals surface area (Å²) in [5.41, 5.74) is 32.8. The van der Waals surface area contributed by atoms with Gasteiger partial charge >= 0.3 is 5.91 Å². The van der Waals surface area contributed by atoms with Crippen molar-refractivity contribution in [3.8, 4) is 0 Å². The Balaban J connectivity index is 0.000000130. The Labute approximate surface area is 617 Å². The number of aryl methyl sites for hydroxylation is 5. The molecule has 558 valence electrons. The number of nitrogens with zero attached hydrogens (tertiary/aromatic N) is 12. The smallest absolute Gasteiger partial charge is 0.313 e. The van der Waals surface area contributed by atoms with Gasteiger partial charge in [-0.05, 0) is 62.5 Å². The molecule has 20 N–H and O–H groups in total. The molecule has 0 atom stereocenters. The molecule has 0 spiro atoms. The summed E-state index contributed by atoms with van der Waals surface area (Å²) in [7, 11) is 3.78. The van der Waals surface area contributed by atoms with Crippen molar-refractivity contribution in [1.82, 2.24) is 56.4 Å². The molecule has 0 saturated carbocycles. The van der Waals surface area contributed by atoms with Crippen molar-refractivity contribution >= 4 is 135 Å². The number of H-pyrrole nitrogens is 1. The molecule has 0 aliphatic carbocycles. The fourth-order valence-corrected chi connectivity index (χ4v) is 13.3. The van der Waals surface area contributed by atoms with Gasteiger partial charge in [-0.1, -0.05) is 0 Å². The summed E-state index contributed by atoms with van der Waals surface area (Å²) in [5.74, 6) is 3.00. The number of fused-ring (bicyclic) bond motifs is 5. The Bertz CT molecular complexity index is 5010. The zero-order valence-corrected chi connectivity index (χ0v) is 60.8. The summed E-state index contributed by atoms with van der Waals surface area (Å²) >= 11 is 1.48. The number of azo groups is 1. The third-order valence-corrected chi connectivity index (χ3v) is 18.6. The van der Waals surface area contributed by atoms with Crippen LogP contribution in [0.4, 0.5) is 0 Å². The molecule has 5 aromatic rings. The minimum Gasteiger partial charge on any atom is -0.465 e. The molecule has 39 nitrogen and oxygen atoms in total. The highest BCUT2D eigenvalue weighted by molar-refractivity contribution is 7.12. The zero-order valence-electron chi connectivity index (χ0n) is 60.0. The minimum absolute atomic E-state index is 0.0260. The predicted octanol–water partition coefficient (Wildman–Crippen LogP) is -0.553. The first-order chi connectivity index (χ1) is 51.1. The van der Waals surface area contributed by atoms with Crippen LogP contribution in [0.15, 0.2) is 95.3 Å². The van der Waals surface area contributed by atoms with E-state index >= 15 is 0 Å². The molecule has 18 heterocycles. The van der Waals surface area contributed by atoms with Gasteiger partial charge in [-0.3, -0.25) is 80.8 Å². The second kappa shape index (κ2) is 32.2. The van der Waals surface area contributed by atoms with Gasteiger partial charge in [0.1, 0.15) is 64.6 Å². The average molecular weight is 1490 g/mol. The molecular formula is C68H76N28O11S+2. The number of aliphatic imine (C=N–C) groups is 5. The molecule has 40 heteroatoms. The lowest BCUT2D eigenvalue weighted by Gasteiger charge is -2.13. The van der Waals surface area contributed by atoms with Crippen molar-refractivity contribution in [3.63, 3.8) is 0 Å². The first kappa shape index (κ1) is 77.1. The van der Waals surface area contributed by atoms with Gasteiger partial charge in [-0.15, -0.1) is 11.3 Å². The van der Waals surface area contributed by atoms with E-state index in [4.69, 9.17) is 58.5 Å². The molecule has 0 aromatic carbocycles. The van der Waals surface area contributed by atoms with Crippen molar-refractivity contribution in [2.24, 2.45) is 59.4 Å². The first-order valence-electron chi connectivity index (χ1n) is 33.1. The molecule has 18 rings (SSSR count). The zero-order chi connectivity index (χ0) is 78.4. The van der Waals surface area contributed by atoms with Crippen LogP contribution in [0.2, 0.25) is 0 Å². The van der Waals surface area contributed by atoms with Crippen LogP contribution >= 0.6 is 11.3 Å². The van der Waals surface area contributed by atoms with E-state index in [1.807, 2.05) is 60.2 Å². The highest BCUT2D eigenvalue weighted by atomic mass is 32.1.